The van der Waals surface area contributed by atoms with Crippen molar-refractivity contribution in [1.82, 2.24) is 15.3 Å². The van der Waals surface area contributed by atoms with Gasteiger partial charge in [0.15, 0.2) is 0 Å². The molecule has 1 N–H and O–H groups in total. The van der Waals surface area contributed by atoms with Crippen LogP contribution in [0.2, 0.25) is 0 Å². The van der Waals surface area contributed by atoms with Gasteiger partial charge in [-0.15, -0.1) is 11.3 Å². The molecule has 0 atom stereocenters. The van der Waals surface area contributed by atoms with Gasteiger partial charge in [0, 0.05) is 0 Å². The molecule has 1 fully saturated rings. The zero-order chi connectivity index (χ0) is 10.8. The number of thiophene rings is 1. The summed E-state index contributed by atoms with van der Waals surface area (Å²) in [5, 5.41) is 6.38. The number of piperidine rings is 1. The van der Waals surface area contributed by atoms with Crippen molar-refractivity contribution in [3.05, 3.63) is 17.8 Å². The molecule has 0 unspecified atom stereocenters. The minimum atomic E-state index is 0.291. The molecule has 3 heterocycles. The fourth-order valence-corrected chi connectivity index (χ4v) is 2.66. The summed E-state index contributed by atoms with van der Waals surface area (Å²) < 4.78 is 5.94. The summed E-state index contributed by atoms with van der Waals surface area (Å²) in [6, 6.07) is 2.02. The molecule has 0 bridgehead atoms. The van der Waals surface area contributed by atoms with Crippen molar-refractivity contribution >= 4 is 21.6 Å². The van der Waals surface area contributed by atoms with E-state index in [1.54, 1.807) is 17.7 Å². The van der Waals surface area contributed by atoms with E-state index in [0.717, 1.165) is 42.0 Å². The number of fused-ring (bicyclic) bond motifs is 1. The molecule has 4 nitrogen and oxygen atoms in total. The molecule has 84 valence electrons. The third-order valence-corrected chi connectivity index (χ3v) is 3.61. The van der Waals surface area contributed by atoms with E-state index in [2.05, 4.69) is 15.3 Å². The largest absolute Gasteiger partial charge is 0.474 e. The van der Waals surface area contributed by atoms with Crippen LogP contribution in [0, 0.1) is 0 Å². The molecule has 0 saturated carbocycles. The third-order valence-electron chi connectivity index (χ3n) is 2.79. The highest BCUT2D eigenvalue weighted by atomic mass is 32.1. The summed E-state index contributed by atoms with van der Waals surface area (Å²) in [6.45, 7) is 2.06. The summed E-state index contributed by atoms with van der Waals surface area (Å²) in [5.41, 5.74) is 0. The van der Waals surface area contributed by atoms with E-state index in [-0.39, 0.29) is 0 Å². The summed E-state index contributed by atoms with van der Waals surface area (Å²) in [6.07, 6.45) is 3.97. The number of nitrogens with one attached hydrogen (secondary N) is 1. The Morgan fingerprint density at radius 1 is 1.31 bits per heavy atom. The van der Waals surface area contributed by atoms with Gasteiger partial charge >= 0.3 is 0 Å². The third kappa shape index (κ3) is 1.88. The second-order valence-corrected chi connectivity index (χ2v) is 4.78. The monoisotopic (exact) mass is 235 g/mol. The van der Waals surface area contributed by atoms with Crippen LogP contribution in [0.4, 0.5) is 0 Å². The summed E-state index contributed by atoms with van der Waals surface area (Å²) >= 11 is 1.62. The minimum Gasteiger partial charge on any atom is -0.474 e. The first-order chi connectivity index (χ1) is 7.93. The van der Waals surface area contributed by atoms with Gasteiger partial charge in [-0.2, -0.15) is 0 Å². The highest BCUT2D eigenvalue weighted by Crippen LogP contribution is 2.27. The molecule has 0 aliphatic carbocycles. The van der Waals surface area contributed by atoms with Crippen LogP contribution in [0.1, 0.15) is 12.8 Å². The van der Waals surface area contributed by atoms with E-state index < -0.39 is 0 Å². The molecule has 1 saturated heterocycles. The van der Waals surface area contributed by atoms with Crippen molar-refractivity contribution in [2.24, 2.45) is 0 Å². The van der Waals surface area contributed by atoms with Crippen LogP contribution in [0.15, 0.2) is 17.8 Å². The molecule has 0 spiro atoms. The highest BCUT2D eigenvalue weighted by molar-refractivity contribution is 7.16. The fraction of sp³-hybridized carbons (Fsp3) is 0.455. The van der Waals surface area contributed by atoms with E-state index >= 15 is 0 Å². The quantitative estimate of drug-likeness (QED) is 0.862. The van der Waals surface area contributed by atoms with Crippen LogP contribution in [-0.2, 0) is 0 Å². The van der Waals surface area contributed by atoms with Crippen molar-refractivity contribution in [2.45, 2.75) is 18.9 Å². The lowest BCUT2D eigenvalue weighted by atomic mass is 10.1. The van der Waals surface area contributed by atoms with Gasteiger partial charge in [0.1, 0.15) is 17.3 Å². The second-order valence-electron chi connectivity index (χ2n) is 3.89. The van der Waals surface area contributed by atoms with Crippen molar-refractivity contribution in [1.29, 1.82) is 0 Å². The van der Waals surface area contributed by atoms with Gasteiger partial charge in [-0.1, -0.05) is 0 Å². The fourth-order valence-electron chi connectivity index (χ4n) is 1.93. The lowest BCUT2D eigenvalue weighted by molar-refractivity contribution is 0.158. The van der Waals surface area contributed by atoms with Crippen LogP contribution >= 0.6 is 11.3 Å². The SMILES string of the molecule is c1nc(OC2CCNCC2)c2ccsc2n1. The lowest BCUT2D eigenvalue weighted by Gasteiger charge is -2.23. The van der Waals surface area contributed by atoms with Gasteiger partial charge in [-0.05, 0) is 37.4 Å². The van der Waals surface area contributed by atoms with Crippen LogP contribution in [0.3, 0.4) is 0 Å². The number of nitrogens with zero attached hydrogens (tertiary/aromatic N) is 2. The van der Waals surface area contributed by atoms with E-state index in [1.807, 2.05) is 11.4 Å². The molecule has 1 aliphatic rings. The second kappa shape index (κ2) is 4.35. The van der Waals surface area contributed by atoms with Gasteiger partial charge in [0.2, 0.25) is 5.88 Å². The van der Waals surface area contributed by atoms with Gasteiger partial charge in [0.05, 0.1) is 5.39 Å². The predicted octanol–water partition coefficient (Wildman–Crippen LogP) is 1.82. The summed E-state index contributed by atoms with van der Waals surface area (Å²) in [4.78, 5) is 9.44. The number of hydrogen-bond acceptors (Lipinski definition) is 5. The predicted molar refractivity (Wildman–Crippen MR) is 63.9 cm³/mol. The van der Waals surface area contributed by atoms with Crippen LogP contribution in [-0.4, -0.2) is 29.2 Å². The summed E-state index contributed by atoms with van der Waals surface area (Å²) in [7, 11) is 0. The average molecular weight is 235 g/mol. The number of hydrogen-bond donors (Lipinski definition) is 1. The Morgan fingerprint density at radius 2 is 2.19 bits per heavy atom. The first kappa shape index (κ1) is 9.99. The van der Waals surface area contributed by atoms with E-state index in [4.69, 9.17) is 4.74 Å². The minimum absolute atomic E-state index is 0.291. The smallest absolute Gasteiger partial charge is 0.225 e. The van der Waals surface area contributed by atoms with Crippen molar-refractivity contribution in [3.8, 4) is 5.88 Å². The molecule has 0 aromatic carbocycles. The first-order valence-corrected chi connectivity index (χ1v) is 6.37. The average Bonchev–Trinajstić information content (AvgIpc) is 2.80. The highest BCUT2D eigenvalue weighted by Gasteiger charge is 2.16. The van der Waals surface area contributed by atoms with Crippen molar-refractivity contribution in [2.75, 3.05) is 13.1 Å². The van der Waals surface area contributed by atoms with Gasteiger partial charge in [-0.25, -0.2) is 9.97 Å². The topological polar surface area (TPSA) is 47.0 Å². The molecule has 16 heavy (non-hydrogen) atoms. The summed E-state index contributed by atoms with van der Waals surface area (Å²) in [5.74, 6) is 0.734. The maximum absolute atomic E-state index is 5.94. The normalized spacial score (nSPS) is 17.8. The number of aromatic nitrogens is 2. The van der Waals surface area contributed by atoms with Crippen LogP contribution < -0.4 is 10.1 Å². The van der Waals surface area contributed by atoms with E-state index in [1.165, 1.54) is 0 Å². The Morgan fingerprint density at radius 3 is 3.06 bits per heavy atom. The number of ether oxygens (including phenoxy) is 1. The molecule has 1 aliphatic heterocycles. The molecule has 5 heteroatoms. The zero-order valence-corrected chi connectivity index (χ0v) is 9.67. The molecule has 0 radical (unpaired) electrons. The zero-order valence-electron chi connectivity index (χ0n) is 8.85. The molecular formula is C11H13N3OS. The molecule has 0 amide bonds. The lowest BCUT2D eigenvalue weighted by Crippen LogP contribution is -2.34. The first-order valence-electron chi connectivity index (χ1n) is 5.49. The van der Waals surface area contributed by atoms with Crippen molar-refractivity contribution in [3.63, 3.8) is 0 Å². The van der Waals surface area contributed by atoms with Crippen LogP contribution in [0.25, 0.3) is 10.2 Å². The molecule has 2 aromatic rings. The van der Waals surface area contributed by atoms with Gasteiger partial charge < -0.3 is 10.1 Å². The number of rotatable bonds is 2. The Kier molecular flexibility index (Phi) is 2.71. The molecule has 3 rings (SSSR count). The molecule has 2 aromatic heterocycles. The van der Waals surface area contributed by atoms with Crippen molar-refractivity contribution < 1.29 is 4.74 Å². The Balaban J connectivity index is 1.85. The van der Waals surface area contributed by atoms with E-state index in [0.29, 0.717) is 6.10 Å². The Bertz CT molecular complexity index is 479. The maximum atomic E-state index is 5.94. The maximum Gasteiger partial charge on any atom is 0.225 e. The van der Waals surface area contributed by atoms with Gasteiger partial charge in [-0.3, -0.25) is 0 Å². The molecular weight excluding hydrogens is 222 g/mol. The standard InChI is InChI=1S/C11H13N3OS/c1-4-12-5-2-8(1)15-10-9-3-6-16-11(9)14-7-13-10/h3,6-8,12H,1-2,4-5H2. The van der Waals surface area contributed by atoms with Crippen LogP contribution in [0.5, 0.6) is 5.88 Å². The Labute approximate surface area is 97.7 Å². The Hall–Kier alpha value is -1.20. The van der Waals surface area contributed by atoms with E-state index in [9.17, 15) is 0 Å². The van der Waals surface area contributed by atoms with Gasteiger partial charge in [0.25, 0.3) is 0 Å².